The summed E-state index contributed by atoms with van der Waals surface area (Å²) in [4.78, 5) is 0.113. The van der Waals surface area contributed by atoms with E-state index in [0.717, 1.165) is 0 Å². The number of aryl methyl sites for hydroxylation is 1. The molecule has 0 aromatic heterocycles. The lowest BCUT2D eigenvalue weighted by Crippen LogP contribution is -2.14. The van der Waals surface area contributed by atoms with Gasteiger partial charge in [-0.15, -0.1) is 0 Å². The number of ether oxygens (including phenoxy) is 1. The molecule has 0 radical (unpaired) electrons. The van der Waals surface area contributed by atoms with Crippen molar-refractivity contribution in [2.45, 2.75) is 11.8 Å². The average Bonchev–Trinajstić information content (AvgIpc) is 2.28. The molecule has 0 heterocycles. The molecule has 6 nitrogen and oxygen atoms in total. The van der Waals surface area contributed by atoms with Gasteiger partial charge in [-0.05, 0) is 24.6 Å². The predicted molar refractivity (Wildman–Crippen MR) is 64.7 cm³/mol. The maximum absolute atomic E-state index is 12.0. The van der Waals surface area contributed by atoms with E-state index in [1.165, 1.54) is 13.2 Å². The highest BCUT2D eigenvalue weighted by Gasteiger charge is 2.18. The Labute approximate surface area is 108 Å². The van der Waals surface area contributed by atoms with E-state index in [2.05, 4.69) is 4.18 Å². The van der Waals surface area contributed by atoms with Crippen molar-refractivity contribution < 1.29 is 26.1 Å². The normalized spacial score (nSPS) is 13.3. The molecule has 0 saturated heterocycles. The molecule has 0 amide bonds. The summed E-state index contributed by atoms with van der Waals surface area (Å²) in [6.45, 7) is 1.24. The van der Waals surface area contributed by atoms with Gasteiger partial charge >= 0.3 is 0 Å². The van der Waals surface area contributed by atoms with Crippen molar-refractivity contribution >= 4 is 21.2 Å². The van der Waals surface area contributed by atoms with Crippen LogP contribution in [0.3, 0.4) is 0 Å². The minimum atomic E-state index is -3.60. The van der Waals surface area contributed by atoms with E-state index in [0.29, 0.717) is 11.3 Å². The standard InChI is InChI=1S/C10H14O6S2/c1-8-3-4-9(15-2)7-10(8)18(13,14)6-5-16-17(11)12/h3-4,7H,5-6H2,1-2H3,(H,11,12)/p-1. The SMILES string of the molecule is COc1ccc(C)c(S(=O)(=O)CCOS(=O)[O-])c1. The van der Waals surface area contributed by atoms with Gasteiger partial charge in [0.2, 0.25) is 0 Å². The molecule has 8 heteroatoms. The molecule has 0 aliphatic heterocycles. The maximum atomic E-state index is 12.0. The van der Waals surface area contributed by atoms with Crippen LogP contribution in [0.5, 0.6) is 5.75 Å². The fourth-order valence-electron chi connectivity index (χ4n) is 1.36. The molecular formula is C10H13O6S2-. The first kappa shape index (κ1) is 15.1. The topological polar surface area (TPSA) is 92.7 Å². The monoisotopic (exact) mass is 293 g/mol. The molecule has 1 unspecified atom stereocenters. The van der Waals surface area contributed by atoms with Crippen LogP contribution < -0.4 is 4.74 Å². The van der Waals surface area contributed by atoms with Crippen LogP contribution in [0.15, 0.2) is 23.1 Å². The summed E-state index contributed by atoms with van der Waals surface area (Å²) in [6, 6.07) is 4.68. The van der Waals surface area contributed by atoms with Crippen molar-refractivity contribution in [3.05, 3.63) is 23.8 Å². The predicted octanol–water partition coefficient (Wildman–Crippen LogP) is 0.588. The van der Waals surface area contributed by atoms with Gasteiger partial charge in [-0.25, -0.2) is 12.6 Å². The first-order chi connectivity index (χ1) is 8.36. The largest absolute Gasteiger partial charge is 0.750 e. The lowest BCUT2D eigenvalue weighted by Gasteiger charge is -2.10. The summed E-state index contributed by atoms with van der Waals surface area (Å²) in [5.41, 5.74) is 0.569. The van der Waals surface area contributed by atoms with Crippen LogP contribution in [-0.4, -0.2) is 36.6 Å². The quantitative estimate of drug-likeness (QED) is 0.713. The summed E-state index contributed by atoms with van der Waals surface area (Å²) in [5, 5.41) is 0. The van der Waals surface area contributed by atoms with Gasteiger partial charge < -0.3 is 9.29 Å². The van der Waals surface area contributed by atoms with E-state index in [1.54, 1.807) is 19.1 Å². The summed E-state index contributed by atoms with van der Waals surface area (Å²) in [6.07, 6.45) is 0. The highest BCUT2D eigenvalue weighted by Crippen LogP contribution is 2.22. The molecule has 0 spiro atoms. The Morgan fingerprint density at radius 3 is 2.61 bits per heavy atom. The van der Waals surface area contributed by atoms with Crippen LogP contribution >= 0.6 is 0 Å². The molecule has 1 aromatic carbocycles. The molecule has 1 rings (SSSR count). The summed E-state index contributed by atoms with van der Waals surface area (Å²) < 4.78 is 53.4. The van der Waals surface area contributed by atoms with Gasteiger partial charge in [-0.2, -0.15) is 0 Å². The zero-order valence-corrected chi connectivity index (χ0v) is 11.5. The molecule has 0 aliphatic rings. The minimum absolute atomic E-state index is 0.113. The van der Waals surface area contributed by atoms with Crippen molar-refractivity contribution in [2.75, 3.05) is 19.5 Å². The van der Waals surface area contributed by atoms with Gasteiger partial charge in [-0.3, -0.25) is 4.18 Å². The zero-order valence-electron chi connectivity index (χ0n) is 9.91. The van der Waals surface area contributed by atoms with Crippen molar-refractivity contribution in [3.8, 4) is 5.75 Å². The third-order valence-corrected chi connectivity index (χ3v) is 4.44. The molecule has 0 bridgehead atoms. The zero-order chi connectivity index (χ0) is 13.8. The molecule has 0 aliphatic carbocycles. The Balaban J connectivity index is 2.93. The second-order valence-electron chi connectivity index (χ2n) is 3.48. The van der Waals surface area contributed by atoms with Crippen molar-refractivity contribution in [1.29, 1.82) is 0 Å². The van der Waals surface area contributed by atoms with Gasteiger partial charge in [-0.1, -0.05) is 6.07 Å². The molecule has 0 N–H and O–H groups in total. The van der Waals surface area contributed by atoms with E-state index >= 15 is 0 Å². The first-order valence-electron chi connectivity index (χ1n) is 4.97. The van der Waals surface area contributed by atoms with E-state index in [1.807, 2.05) is 0 Å². The Morgan fingerprint density at radius 2 is 2.06 bits per heavy atom. The van der Waals surface area contributed by atoms with Gasteiger partial charge in [0, 0.05) is 0 Å². The minimum Gasteiger partial charge on any atom is -0.750 e. The Hall–Kier alpha value is -0.960. The van der Waals surface area contributed by atoms with Crippen LogP contribution in [0.2, 0.25) is 0 Å². The number of methoxy groups -OCH3 is 1. The van der Waals surface area contributed by atoms with Crippen LogP contribution in [0.25, 0.3) is 0 Å². The number of rotatable bonds is 6. The van der Waals surface area contributed by atoms with Crippen molar-refractivity contribution in [3.63, 3.8) is 0 Å². The van der Waals surface area contributed by atoms with Crippen molar-refractivity contribution in [1.82, 2.24) is 0 Å². The summed E-state index contributed by atoms with van der Waals surface area (Å²) >= 11 is -2.71. The van der Waals surface area contributed by atoms with Crippen LogP contribution in [-0.2, 0) is 25.4 Å². The van der Waals surface area contributed by atoms with Gasteiger partial charge in [0.05, 0.1) is 35.7 Å². The molecule has 18 heavy (non-hydrogen) atoms. The van der Waals surface area contributed by atoms with E-state index in [9.17, 15) is 17.2 Å². The average molecular weight is 293 g/mol. The highest BCUT2D eigenvalue weighted by molar-refractivity contribution is 7.91. The molecule has 0 saturated carbocycles. The number of benzene rings is 1. The van der Waals surface area contributed by atoms with Crippen LogP contribution in [0, 0.1) is 6.92 Å². The maximum Gasteiger partial charge on any atom is 0.181 e. The second kappa shape index (κ2) is 6.28. The summed E-state index contributed by atoms with van der Waals surface area (Å²) in [7, 11) is -2.16. The third kappa shape index (κ3) is 4.05. The Kier molecular flexibility index (Phi) is 5.27. The molecular weight excluding hydrogens is 280 g/mol. The fourth-order valence-corrected chi connectivity index (χ4v) is 3.07. The molecule has 0 fully saturated rings. The number of hydrogen-bond donors (Lipinski definition) is 0. The van der Waals surface area contributed by atoms with Gasteiger partial charge in [0.15, 0.2) is 9.84 Å². The number of hydrogen-bond acceptors (Lipinski definition) is 6. The molecule has 1 aromatic rings. The third-order valence-electron chi connectivity index (χ3n) is 2.26. The lowest BCUT2D eigenvalue weighted by atomic mass is 10.2. The van der Waals surface area contributed by atoms with Gasteiger partial charge in [0.1, 0.15) is 5.75 Å². The lowest BCUT2D eigenvalue weighted by molar-refractivity contribution is 0.318. The van der Waals surface area contributed by atoms with E-state index in [-0.39, 0.29) is 4.90 Å². The number of sulfone groups is 1. The molecule has 1 atom stereocenters. The van der Waals surface area contributed by atoms with E-state index in [4.69, 9.17) is 4.74 Å². The molecule has 102 valence electrons. The van der Waals surface area contributed by atoms with Crippen LogP contribution in [0.1, 0.15) is 5.56 Å². The second-order valence-corrected chi connectivity index (χ2v) is 6.20. The van der Waals surface area contributed by atoms with E-state index < -0.39 is 33.6 Å². The first-order valence-corrected chi connectivity index (χ1v) is 7.62. The Bertz CT molecular complexity index is 537. The van der Waals surface area contributed by atoms with Gasteiger partial charge in [0.25, 0.3) is 0 Å². The van der Waals surface area contributed by atoms with Crippen molar-refractivity contribution in [2.24, 2.45) is 0 Å². The highest BCUT2D eigenvalue weighted by atomic mass is 32.2. The summed E-state index contributed by atoms with van der Waals surface area (Å²) in [5.74, 6) is 0.0159. The smallest absolute Gasteiger partial charge is 0.181 e. The fraction of sp³-hybridized carbons (Fsp3) is 0.400. The Morgan fingerprint density at radius 1 is 1.39 bits per heavy atom. The van der Waals surface area contributed by atoms with Crippen LogP contribution in [0.4, 0.5) is 0 Å².